The van der Waals surface area contributed by atoms with Crippen molar-refractivity contribution in [1.82, 2.24) is 14.9 Å². The van der Waals surface area contributed by atoms with Crippen LogP contribution in [0.3, 0.4) is 0 Å². The van der Waals surface area contributed by atoms with Crippen molar-refractivity contribution in [3.63, 3.8) is 0 Å². The smallest absolute Gasteiger partial charge is 0.273 e. The van der Waals surface area contributed by atoms with Gasteiger partial charge in [0.15, 0.2) is 0 Å². The highest BCUT2D eigenvalue weighted by molar-refractivity contribution is 6.05. The highest BCUT2D eigenvalue weighted by Gasteiger charge is 2.33. The lowest BCUT2D eigenvalue weighted by Gasteiger charge is -2.33. The number of carbonyl (C=O) groups excluding carboxylic acids is 1. The third kappa shape index (κ3) is 3.59. The zero-order valence-electron chi connectivity index (χ0n) is 16.7. The summed E-state index contributed by atoms with van der Waals surface area (Å²) in [5, 5.41) is 1.90. The summed E-state index contributed by atoms with van der Waals surface area (Å²) in [6.45, 7) is 0.685. The van der Waals surface area contributed by atoms with Crippen LogP contribution in [0.5, 0.6) is 0 Å². The Morgan fingerprint density at radius 1 is 1.00 bits per heavy atom. The Balaban J connectivity index is 1.43. The number of piperidine rings is 1. The number of carbonyl (C=O) groups is 1. The molecule has 0 saturated carbocycles. The van der Waals surface area contributed by atoms with E-state index in [4.69, 9.17) is 4.42 Å². The van der Waals surface area contributed by atoms with Crippen molar-refractivity contribution < 1.29 is 9.21 Å². The van der Waals surface area contributed by atoms with Crippen LogP contribution < -0.4 is 0 Å². The number of nitrogens with zero attached hydrogens (tertiary/aromatic N) is 3. The van der Waals surface area contributed by atoms with Crippen molar-refractivity contribution in [3.05, 3.63) is 96.0 Å². The molecule has 0 spiro atoms. The highest BCUT2D eigenvalue weighted by atomic mass is 16.4. The Morgan fingerprint density at radius 3 is 2.73 bits per heavy atom. The van der Waals surface area contributed by atoms with Gasteiger partial charge in [0.1, 0.15) is 17.5 Å². The van der Waals surface area contributed by atoms with E-state index in [-0.39, 0.29) is 11.9 Å². The molecule has 5 nitrogen and oxygen atoms in total. The maximum Gasteiger partial charge on any atom is 0.273 e. The lowest BCUT2D eigenvalue weighted by atomic mass is 10.0. The normalized spacial score (nSPS) is 16.7. The number of fused-ring (bicyclic) bond motifs is 1. The van der Waals surface area contributed by atoms with Gasteiger partial charge >= 0.3 is 0 Å². The minimum atomic E-state index is -0.156. The van der Waals surface area contributed by atoms with Gasteiger partial charge in [-0.2, -0.15) is 0 Å². The van der Waals surface area contributed by atoms with E-state index < -0.39 is 0 Å². The molecule has 0 N–H and O–H groups in total. The summed E-state index contributed by atoms with van der Waals surface area (Å²) in [7, 11) is 0. The number of benzene rings is 2. The van der Waals surface area contributed by atoms with Gasteiger partial charge in [-0.15, -0.1) is 0 Å². The third-order valence-corrected chi connectivity index (χ3v) is 5.72. The van der Waals surface area contributed by atoms with E-state index in [1.165, 1.54) is 5.56 Å². The number of aromatic nitrogens is 2. The molecule has 1 aliphatic rings. The molecule has 150 valence electrons. The van der Waals surface area contributed by atoms with Crippen LogP contribution in [-0.2, 0) is 6.42 Å². The first kappa shape index (κ1) is 18.6. The van der Waals surface area contributed by atoms with Crippen molar-refractivity contribution in [2.45, 2.75) is 31.7 Å². The Labute approximate surface area is 175 Å². The van der Waals surface area contributed by atoms with Gasteiger partial charge < -0.3 is 9.32 Å². The first-order valence-corrected chi connectivity index (χ1v) is 10.4. The first-order chi connectivity index (χ1) is 14.8. The van der Waals surface area contributed by atoms with Gasteiger partial charge in [-0.1, -0.05) is 54.6 Å². The van der Waals surface area contributed by atoms with Gasteiger partial charge in [-0.05, 0) is 36.3 Å². The second-order valence-corrected chi connectivity index (χ2v) is 7.72. The van der Waals surface area contributed by atoms with Gasteiger partial charge in [0.05, 0.1) is 6.20 Å². The summed E-state index contributed by atoms with van der Waals surface area (Å²) >= 11 is 0. The summed E-state index contributed by atoms with van der Waals surface area (Å²) in [6, 6.07) is 19.8. The molecule has 3 heterocycles. The molecule has 0 aliphatic carbocycles. The van der Waals surface area contributed by atoms with E-state index in [9.17, 15) is 4.79 Å². The van der Waals surface area contributed by atoms with E-state index in [1.807, 2.05) is 53.4 Å². The van der Waals surface area contributed by atoms with Gasteiger partial charge in [0.2, 0.25) is 5.89 Å². The van der Waals surface area contributed by atoms with Crippen molar-refractivity contribution in [2.75, 3.05) is 6.54 Å². The Morgan fingerprint density at radius 2 is 1.83 bits per heavy atom. The molecule has 0 radical (unpaired) electrons. The van der Waals surface area contributed by atoms with Crippen LogP contribution in [0.2, 0.25) is 0 Å². The molecule has 1 amide bonds. The summed E-state index contributed by atoms with van der Waals surface area (Å²) in [6.07, 6.45) is 7.06. The average Bonchev–Trinajstić information content (AvgIpc) is 3.27. The highest BCUT2D eigenvalue weighted by Crippen LogP contribution is 2.33. The molecule has 0 unspecified atom stereocenters. The van der Waals surface area contributed by atoms with Crippen LogP contribution in [0.4, 0.5) is 0 Å². The van der Waals surface area contributed by atoms with Crippen LogP contribution in [-0.4, -0.2) is 27.3 Å². The topological polar surface area (TPSA) is 59.2 Å². The fourth-order valence-corrected chi connectivity index (χ4v) is 4.21. The fourth-order valence-electron chi connectivity index (χ4n) is 4.21. The summed E-state index contributed by atoms with van der Waals surface area (Å²) in [5.41, 5.74) is 1.67. The van der Waals surface area contributed by atoms with E-state index in [1.54, 1.807) is 12.4 Å². The zero-order chi connectivity index (χ0) is 20.3. The minimum Gasteiger partial charge on any atom is -0.443 e. The molecular formula is C25H23N3O2. The average molecular weight is 397 g/mol. The third-order valence-electron chi connectivity index (χ3n) is 5.72. The summed E-state index contributed by atoms with van der Waals surface area (Å²) in [5.74, 6) is 1.38. The molecule has 5 heteroatoms. The molecule has 1 saturated heterocycles. The molecule has 1 fully saturated rings. The Hall–Kier alpha value is -3.47. The lowest BCUT2D eigenvalue weighted by molar-refractivity contribution is 0.0566. The van der Waals surface area contributed by atoms with Crippen LogP contribution in [0.1, 0.15) is 53.0 Å². The van der Waals surface area contributed by atoms with E-state index in [0.29, 0.717) is 24.6 Å². The number of likely N-dealkylation sites (tertiary alicyclic amines) is 1. The number of pyridine rings is 1. The van der Waals surface area contributed by atoms with Crippen molar-refractivity contribution >= 4 is 16.7 Å². The van der Waals surface area contributed by atoms with Gasteiger partial charge in [0, 0.05) is 24.5 Å². The second kappa shape index (κ2) is 8.11. The van der Waals surface area contributed by atoms with Crippen LogP contribution in [0, 0.1) is 0 Å². The molecule has 0 bridgehead atoms. The minimum absolute atomic E-state index is 0.0562. The summed E-state index contributed by atoms with van der Waals surface area (Å²) < 4.78 is 6.11. The lowest BCUT2D eigenvalue weighted by Crippen LogP contribution is -2.39. The van der Waals surface area contributed by atoms with E-state index in [0.717, 1.165) is 35.8 Å². The zero-order valence-corrected chi connectivity index (χ0v) is 16.7. The molecule has 2 aromatic carbocycles. The molecule has 4 aromatic rings. The molecule has 2 aromatic heterocycles. The maximum absolute atomic E-state index is 13.5. The van der Waals surface area contributed by atoms with Crippen molar-refractivity contribution in [2.24, 2.45) is 0 Å². The number of hydrogen-bond acceptors (Lipinski definition) is 4. The molecule has 1 atom stereocenters. The van der Waals surface area contributed by atoms with Crippen LogP contribution in [0.15, 0.2) is 77.5 Å². The van der Waals surface area contributed by atoms with Crippen LogP contribution in [0.25, 0.3) is 10.8 Å². The first-order valence-electron chi connectivity index (χ1n) is 10.4. The second-order valence-electron chi connectivity index (χ2n) is 7.72. The SMILES string of the molecule is O=C(c1nccc2ccccc12)N1CCCC[C@@H]1c1ncc(Cc2ccccc2)o1. The number of hydrogen-bond donors (Lipinski definition) is 0. The quantitative estimate of drug-likeness (QED) is 0.476. The predicted molar refractivity (Wildman–Crippen MR) is 115 cm³/mol. The predicted octanol–water partition coefficient (Wildman–Crippen LogP) is 5.18. The van der Waals surface area contributed by atoms with Gasteiger partial charge in [-0.3, -0.25) is 9.78 Å². The number of amides is 1. The Kier molecular flexibility index (Phi) is 5.01. The Bertz CT molecular complexity index is 1160. The van der Waals surface area contributed by atoms with Crippen molar-refractivity contribution in [1.29, 1.82) is 0 Å². The molecule has 1 aliphatic heterocycles. The standard InChI is InChI=1S/C25H23N3O2/c29-25(23-21-11-5-4-10-19(21)13-14-26-23)28-15-7-6-12-22(28)24-27-17-20(30-24)16-18-8-2-1-3-9-18/h1-5,8-11,13-14,17,22H,6-7,12,15-16H2/t22-/m1/s1. The molecule has 5 rings (SSSR count). The number of rotatable bonds is 4. The van der Waals surface area contributed by atoms with E-state index in [2.05, 4.69) is 22.1 Å². The molecular weight excluding hydrogens is 374 g/mol. The number of oxazole rings is 1. The fraction of sp³-hybridized carbons (Fsp3) is 0.240. The van der Waals surface area contributed by atoms with E-state index >= 15 is 0 Å². The van der Waals surface area contributed by atoms with Crippen LogP contribution >= 0.6 is 0 Å². The summed E-state index contributed by atoms with van der Waals surface area (Å²) in [4.78, 5) is 24.3. The largest absolute Gasteiger partial charge is 0.443 e. The van der Waals surface area contributed by atoms with Crippen molar-refractivity contribution in [3.8, 4) is 0 Å². The van der Waals surface area contributed by atoms with Gasteiger partial charge in [-0.25, -0.2) is 4.98 Å². The monoisotopic (exact) mass is 397 g/mol. The van der Waals surface area contributed by atoms with Gasteiger partial charge in [0.25, 0.3) is 5.91 Å². The molecule has 30 heavy (non-hydrogen) atoms. The maximum atomic E-state index is 13.5.